The van der Waals surface area contributed by atoms with Crippen LogP contribution in [0.25, 0.3) is 0 Å². The van der Waals surface area contributed by atoms with Crippen LogP contribution in [-0.2, 0) is 19.6 Å². The topological polar surface area (TPSA) is 47.9 Å². The molecule has 0 aromatic heterocycles. The van der Waals surface area contributed by atoms with Crippen molar-refractivity contribution in [3.05, 3.63) is 34.9 Å². The number of aliphatic hydroxyl groups excluding tert-OH is 1. The van der Waals surface area contributed by atoms with Crippen LogP contribution in [0.15, 0.2) is 18.2 Å². The average Bonchev–Trinajstić information content (AvgIpc) is 2.39. The van der Waals surface area contributed by atoms with E-state index in [2.05, 4.69) is 33.8 Å². The van der Waals surface area contributed by atoms with Crippen molar-refractivity contribution in [2.24, 2.45) is 0 Å². The van der Waals surface area contributed by atoms with Crippen molar-refractivity contribution in [1.29, 1.82) is 0 Å². The van der Waals surface area contributed by atoms with Crippen molar-refractivity contribution in [3.8, 4) is 0 Å². The van der Waals surface area contributed by atoms with Crippen LogP contribution < -0.4 is 0 Å². The molecule has 1 atom stereocenters. The van der Waals surface area contributed by atoms with E-state index in [1.165, 1.54) is 5.56 Å². The first-order valence-corrected chi connectivity index (χ1v) is 7.81. The quantitative estimate of drug-likeness (QED) is 0.869. The molecule has 4 nitrogen and oxygen atoms in total. The van der Waals surface area contributed by atoms with Gasteiger partial charge >= 0.3 is 0 Å². The Morgan fingerprint density at radius 2 is 1.82 bits per heavy atom. The highest BCUT2D eigenvalue weighted by atomic mass is 16.7. The molecule has 0 amide bonds. The standard InChI is InChI=1S/C18H28O4/c1-12-9-13(7-8-15(12)17(2,3)4)16(19)22-14-10-20-18(5,6)21-11-14/h7-9,14,16,19H,10-11H2,1-6H3. The zero-order chi connectivity index (χ0) is 16.5. The van der Waals surface area contributed by atoms with Crippen molar-refractivity contribution >= 4 is 0 Å². The number of rotatable bonds is 3. The largest absolute Gasteiger partial charge is 0.364 e. The Balaban J connectivity index is 2.01. The molecule has 1 heterocycles. The van der Waals surface area contributed by atoms with Gasteiger partial charge in [-0.25, -0.2) is 0 Å². The molecule has 124 valence electrons. The lowest BCUT2D eigenvalue weighted by molar-refractivity contribution is -0.298. The summed E-state index contributed by atoms with van der Waals surface area (Å²) in [6, 6.07) is 5.97. The lowest BCUT2D eigenvalue weighted by atomic mass is 9.83. The summed E-state index contributed by atoms with van der Waals surface area (Å²) in [7, 11) is 0. The van der Waals surface area contributed by atoms with Crippen molar-refractivity contribution in [2.75, 3.05) is 13.2 Å². The van der Waals surface area contributed by atoms with Crippen molar-refractivity contribution in [3.63, 3.8) is 0 Å². The van der Waals surface area contributed by atoms with Crippen molar-refractivity contribution in [1.82, 2.24) is 0 Å². The summed E-state index contributed by atoms with van der Waals surface area (Å²) in [6.07, 6.45) is -1.23. The van der Waals surface area contributed by atoms with E-state index < -0.39 is 12.1 Å². The highest BCUT2D eigenvalue weighted by Gasteiger charge is 2.30. The number of aryl methyl sites for hydroxylation is 1. The van der Waals surface area contributed by atoms with Gasteiger partial charge in [0, 0.05) is 5.56 Å². The first kappa shape index (κ1) is 17.4. The van der Waals surface area contributed by atoms with E-state index in [0.29, 0.717) is 13.2 Å². The number of benzene rings is 1. The summed E-state index contributed by atoms with van der Waals surface area (Å²) in [5.41, 5.74) is 3.28. The Labute approximate surface area is 133 Å². The summed E-state index contributed by atoms with van der Waals surface area (Å²) in [5, 5.41) is 10.3. The van der Waals surface area contributed by atoms with Crippen LogP contribution in [0.1, 0.15) is 57.6 Å². The molecule has 22 heavy (non-hydrogen) atoms. The Kier molecular flexibility index (Phi) is 4.97. The third-order valence-corrected chi connectivity index (χ3v) is 3.90. The van der Waals surface area contributed by atoms with Gasteiger partial charge in [0.25, 0.3) is 0 Å². The smallest absolute Gasteiger partial charge is 0.181 e. The highest BCUT2D eigenvalue weighted by Crippen LogP contribution is 2.29. The second kappa shape index (κ2) is 6.28. The predicted octanol–water partition coefficient (Wildman–Crippen LogP) is 3.45. The fourth-order valence-electron chi connectivity index (χ4n) is 2.70. The van der Waals surface area contributed by atoms with E-state index in [1.807, 2.05) is 26.0 Å². The van der Waals surface area contributed by atoms with Crippen LogP contribution in [0.3, 0.4) is 0 Å². The lowest BCUT2D eigenvalue weighted by Crippen LogP contribution is -2.43. The third kappa shape index (κ3) is 4.29. The van der Waals surface area contributed by atoms with Gasteiger partial charge in [0.05, 0.1) is 13.2 Å². The fraction of sp³-hybridized carbons (Fsp3) is 0.667. The zero-order valence-corrected chi connectivity index (χ0v) is 14.5. The lowest BCUT2D eigenvalue weighted by Gasteiger charge is -2.35. The van der Waals surface area contributed by atoms with Gasteiger partial charge in [-0.15, -0.1) is 0 Å². The van der Waals surface area contributed by atoms with Gasteiger partial charge in [-0.1, -0.05) is 39.0 Å². The van der Waals surface area contributed by atoms with E-state index >= 15 is 0 Å². The molecule has 1 aromatic rings. The average molecular weight is 308 g/mol. The molecule has 1 aromatic carbocycles. The first-order chi connectivity index (χ1) is 10.1. The van der Waals surface area contributed by atoms with E-state index in [1.54, 1.807) is 0 Å². The summed E-state index contributed by atoms with van der Waals surface area (Å²) in [4.78, 5) is 0. The first-order valence-electron chi connectivity index (χ1n) is 7.81. The molecule has 1 aliphatic heterocycles. The molecule has 2 rings (SSSR count). The van der Waals surface area contributed by atoms with Crippen LogP contribution in [0.4, 0.5) is 0 Å². The molecular formula is C18H28O4. The number of hydrogen-bond acceptors (Lipinski definition) is 4. The highest BCUT2D eigenvalue weighted by molar-refractivity contribution is 5.35. The van der Waals surface area contributed by atoms with Gasteiger partial charge in [0.15, 0.2) is 12.1 Å². The van der Waals surface area contributed by atoms with Crippen LogP contribution in [-0.4, -0.2) is 30.2 Å². The molecule has 1 unspecified atom stereocenters. The summed E-state index contributed by atoms with van der Waals surface area (Å²) in [5.74, 6) is -0.574. The van der Waals surface area contributed by atoms with Gasteiger partial charge in [0.2, 0.25) is 0 Å². The van der Waals surface area contributed by atoms with Crippen LogP contribution in [0, 0.1) is 6.92 Å². The number of hydrogen-bond donors (Lipinski definition) is 1. The number of ether oxygens (including phenoxy) is 3. The second-order valence-corrected chi connectivity index (χ2v) is 7.46. The summed E-state index contributed by atoms with van der Waals surface area (Å²) >= 11 is 0. The molecule has 0 spiro atoms. The van der Waals surface area contributed by atoms with Gasteiger partial charge in [-0.2, -0.15) is 0 Å². The maximum Gasteiger partial charge on any atom is 0.181 e. The maximum atomic E-state index is 10.3. The monoisotopic (exact) mass is 308 g/mol. The van der Waals surface area contributed by atoms with E-state index in [4.69, 9.17) is 14.2 Å². The van der Waals surface area contributed by atoms with E-state index in [-0.39, 0.29) is 11.5 Å². The van der Waals surface area contributed by atoms with Crippen molar-refractivity contribution in [2.45, 2.75) is 65.1 Å². The fourth-order valence-corrected chi connectivity index (χ4v) is 2.70. The number of aliphatic hydroxyl groups is 1. The SMILES string of the molecule is Cc1cc(C(O)OC2COC(C)(C)OC2)ccc1C(C)(C)C. The minimum atomic E-state index is -0.967. The molecule has 1 fully saturated rings. The third-order valence-electron chi connectivity index (χ3n) is 3.90. The minimum absolute atomic E-state index is 0.0883. The summed E-state index contributed by atoms with van der Waals surface area (Å²) in [6.45, 7) is 13.2. The van der Waals surface area contributed by atoms with Gasteiger partial charge in [0.1, 0.15) is 6.10 Å². The predicted molar refractivity (Wildman–Crippen MR) is 85.7 cm³/mol. The molecule has 0 aliphatic carbocycles. The van der Waals surface area contributed by atoms with E-state index in [0.717, 1.165) is 11.1 Å². The molecule has 0 saturated carbocycles. The second-order valence-electron chi connectivity index (χ2n) is 7.46. The summed E-state index contributed by atoms with van der Waals surface area (Å²) < 4.78 is 16.7. The molecule has 1 N–H and O–H groups in total. The molecule has 0 bridgehead atoms. The molecular weight excluding hydrogens is 280 g/mol. The molecule has 1 aliphatic rings. The van der Waals surface area contributed by atoms with Crippen molar-refractivity contribution < 1.29 is 19.3 Å². The molecule has 0 radical (unpaired) electrons. The Morgan fingerprint density at radius 3 is 2.32 bits per heavy atom. The zero-order valence-electron chi connectivity index (χ0n) is 14.5. The van der Waals surface area contributed by atoms with Gasteiger partial charge in [-0.3, -0.25) is 0 Å². The minimum Gasteiger partial charge on any atom is -0.364 e. The van der Waals surface area contributed by atoms with Crippen LogP contribution in [0.5, 0.6) is 0 Å². The van der Waals surface area contributed by atoms with Crippen LogP contribution in [0.2, 0.25) is 0 Å². The Morgan fingerprint density at radius 1 is 1.23 bits per heavy atom. The maximum absolute atomic E-state index is 10.3. The Bertz CT molecular complexity index is 506. The van der Waals surface area contributed by atoms with Gasteiger partial charge < -0.3 is 19.3 Å². The normalized spacial score (nSPS) is 20.9. The van der Waals surface area contributed by atoms with Crippen LogP contribution >= 0.6 is 0 Å². The molecule has 1 saturated heterocycles. The molecule has 4 heteroatoms. The van der Waals surface area contributed by atoms with Gasteiger partial charge in [-0.05, 0) is 37.3 Å². The van der Waals surface area contributed by atoms with E-state index in [9.17, 15) is 5.11 Å². The Hall–Kier alpha value is -0.940.